The summed E-state index contributed by atoms with van der Waals surface area (Å²) in [5.41, 5.74) is 2.73. The Hall–Kier alpha value is -3.02. The van der Waals surface area contributed by atoms with Crippen molar-refractivity contribution in [3.05, 3.63) is 59.5 Å². The van der Waals surface area contributed by atoms with Crippen LogP contribution in [0.3, 0.4) is 0 Å². The molecule has 0 saturated carbocycles. The van der Waals surface area contributed by atoms with Gasteiger partial charge >= 0.3 is 5.97 Å². The van der Waals surface area contributed by atoms with Crippen LogP contribution in [0, 0.1) is 6.92 Å². The van der Waals surface area contributed by atoms with Gasteiger partial charge in [-0.15, -0.1) is 0 Å². The van der Waals surface area contributed by atoms with E-state index in [2.05, 4.69) is 4.98 Å². The van der Waals surface area contributed by atoms with Gasteiger partial charge < -0.3 is 18.6 Å². The zero-order valence-corrected chi connectivity index (χ0v) is 13.8. The molecule has 1 aromatic carbocycles. The number of hydrogen-bond acceptors (Lipinski definition) is 5. The molecule has 0 unspecified atom stereocenters. The first-order valence-electron chi connectivity index (χ1n) is 7.46. The van der Waals surface area contributed by atoms with Crippen LogP contribution in [0.25, 0.3) is 5.65 Å². The van der Waals surface area contributed by atoms with Crippen molar-refractivity contribution in [2.75, 3.05) is 14.2 Å². The lowest BCUT2D eigenvalue weighted by Gasteiger charge is -2.12. The molecule has 0 aliphatic rings. The second kappa shape index (κ2) is 6.62. The second-order valence-corrected chi connectivity index (χ2v) is 5.19. The topological polar surface area (TPSA) is 62.1 Å². The molecule has 24 heavy (non-hydrogen) atoms. The molecule has 2 heterocycles. The number of pyridine rings is 1. The highest BCUT2D eigenvalue weighted by atomic mass is 16.5. The molecule has 124 valence electrons. The summed E-state index contributed by atoms with van der Waals surface area (Å²) in [6, 6.07) is 10.9. The van der Waals surface area contributed by atoms with Gasteiger partial charge in [-0.2, -0.15) is 0 Å². The Morgan fingerprint density at radius 2 is 1.79 bits per heavy atom. The summed E-state index contributed by atoms with van der Waals surface area (Å²) in [5.74, 6) is 0.318. The SMILES string of the molecule is COc1cccc(OC)c1C(=O)OCc1c(C)nc2ccccn12. The Morgan fingerprint density at radius 1 is 1.08 bits per heavy atom. The molecule has 0 saturated heterocycles. The quantitative estimate of drug-likeness (QED) is 0.675. The van der Waals surface area contributed by atoms with Crippen LogP contribution >= 0.6 is 0 Å². The lowest BCUT2D eigenvalue weighted by Crippen LogP contribution is -2.10. The summed E-state index contributed by atoms with van der Waals surface area (Å²) in [6.07, 6.45) is 1.89. The Kier molecular flexibility index (Phi) is 4.37. The van der Waals surface area contributed by atoms with Crippen LogP contribution in [0.4, 0.5) is 0 Å². The number of carbonyl (C=O) groups excluding carboxylic acids is 1. The minimum Gasteiger partial charge on any atom is -0.496 e. The number of hydrogen-bond donors (Lipinski definition) is 0. The Balaban J connectivity index is 1.87. The summed E-state index contributed by atoms with van der Waals surface area (Å²) in [5, 5.41) is 0. The Morgan fingerprint density at radius 3 is 2.46 bits per heavy atom. The summed E-state index contributed by atoms with van der Waals surface area (Å²) < 4.78 is 17.9. The van der Waals surface area contributed by atoms with E-state index in [1.54, 1.807) is 18.2 Å². The van der Waals surface area contributed by atoms with E-state index in [9.17, 15) is 4.79 Å². The van der Waals surface area contributed by atoms with E-state index in [1.807, 2.05) is 35.7 Å². The van der Waals surface area contributed by atoms with Crippen LogP contribution < -0.4 is 9.47 Å². The molecule has 0 fully saturated rings. The lowest BCUT2D eigenvalue weighted by atomic mass is 10.2. The maximum absolute atomic E-state index is 12.5. The minimum absolute atomic E-state index is 0.108. The van der Waals surface area contributed by atoms with E-state index in [0.717, 1.165) is 17.0 Å². The predicted molar refractivity (Wildman–Crippen MR) is 88.6 cm³/mol. The number of esters is 1. The first-order valence-corrected chi connectivity index (χ1v) is 7.46. The number of aromatic nitrogens is 2. The molecule has 6 heteroatoms. The maximum Gasteiger partial charge on any atom is 0.346 e. The molecule has 0 atom stereocenters. The summed E-state index contributed by atoms with van der Waals surface area (Å²) in [4.78, 5) is 17.0. The number of ether oxygens (including phenoxy) is 3. The second-order valence-electron chi connectivity index (χ2n) is 5.19. The predicted octanol–water partition coefficient (Wildman–Crippen LogP) is 3.02. The van der Waals surface area contributed by atoms with Crippen molar-refractivity contribution >= 4 is 11.6 Å². The van der Waals surface area contributed by atoms with Crippen LogP contribution in [0.5, 0.6) is 11.5 Å². The number of benzene rings is 1. The third-order valence-corrected chi connectivity index (χ3v) is 3.80. The average Bonchev–Trinajstić information content (AvgIpc) is 2.94. The highest BCUT2D eigenvalue weighted by Crippen LogP contribution is 2.29. The largest absolute Gasteiger partial charge is 0.496 e. The van der Waals surface area contributed by atoms with Gasteiger partial charge in [0.15, 0.2) is 0 Å². The fourth-order valence-corrected chi connectivity index (χ4v) is 2.60. The molecule has 2 aromatic heterocycles. The van der Waals surface area contributed by atoms with Crippen molar-refractivity contribution in [2.24, 2.45) is 0 Å². The number of nitrogens with zero attached hydrogens (tertiary/aromatic N) is 2. The highest BCUT2D eigenvalue weighted by Gasteiger charge is 2.20. The fraction of sp³-hybridized carbons (Fsp3) is 0.222. The van der Waals surface area contributed by atoms with Gasteiger partial charge in [0.25, 0.3) is 0 Å². The van der Waals surface area contributed by atoms with Crippen molar-refractivity contribution < 1.29 is 19.0 Å². The van der Waals surface area contributed by atoms with E-state index in [-0.39, 0.29) is 12.2 Å². The Labute approximate surface area is 139 Å². The van der Waals surface area contributed by atoms with E-state index in [4.69, 9.17) is 14.2 Å². The molecular weight excluding hydrogens is 308 g/mol. The van der Waals surface area contributed by atoms with Gasteiger partial charge in [0.1, 0.15) is 29.3 Å². The van der Waals surface area contributed by atoms with Gasteiger partial charge in [0, 0.05) is 6.20 Å². The van der Waals surface area contributed by atoms with E-state index in [0.29, 0.717) is 11.5 Å². The van der Waals surface area contributed by atoms with Crippen LogP contribution in [0.2, 0.25) is 0 Å². The van der Waals surface area contributed by atoms with Gasteiger partial charge in [-0.05, 0) is 31.2 Å². The maximum atomic E-state index is 12.5. The van der Waals surface area contributed by atoms with Gasteiger partial charge in [-0.3, -0.25) is 0 Å². The molecule has 3 rings (SSSR count). The number of fused-ring (bicyclic) bond motifs is 1. The molecule has 3 aromatic rings. The lowest BCUT2D eigenvalue weighted by molar-refractivity contribution is 0.0458. The standard InChI is InChI=1S/C18H18N2O4/c1-12-13(20-10-5-4-9-16(20)19-12)11-24-18(21)17-14(22-2)7-6-8-15(17)23-3/h4-10H,11H2,1-3H3. The first kappa shape index (κ1) is 15.9. The molecule has 0 amide bonds. The minimum atomic E-state index is -0.505. The van der Waals surface area contributed by atoms with Crippen LogP contribution in [-0.2, 0) is 11.3 Å². The third kappa shape index (κ3) is 2.78. The van der Waals surface area contributed by atoms with Crippen molar-refractivity contribution in [1.29, 1.82) is 0 Å². The number of carbonyl (C=O) groups is 1. The van der Waals surface area contributed by atoms with E-state index < -0.39 is 5.97 Å². The smallest absolute Gasteiger partial charge is 0.346 e. The van der Waals surface area contributed by atoms with Crippen LogP contribution in [0.1, 0.15) is 21.7 Å². The number of methoxy groups -OCH3 is 2. The molecular formula is C18H18N2O4. The third-order valence-electron chi connectivity index (χ3n) is 3.80. The average molecular weight is 326 g/mol. The molecule has 0 radical (unpaired) electrons. The summed E-state index contributed by atoms with van der Waals surface area (Å²) in [6.45, 7) is 2.00. The zero-order chi connectivity index (χ0) is 17.1. The molecule has 0 spiro atoms. The molecule has 0 bridgehead atoms. The number of rotatable bonds is 5. The van der Waals surface area contributed by atoms with Crippen molar-refractivity contribution in [3.63, 3.8) is 0 Å². The van der Waals surface area contributed by atoms with Crippen molar-refractivity contribution in [2.45, 2.75) is 13.5 Å². The highest BCUT2D eigenvalue weighted by molar-refractivity contribution is 5.95. The van der Waals surface area contributed by atoms with Gasteiger partial charge in [0.05, 0.1) is 25.6 Å². The Bertz CT molecular complexity index is 864. The number of aryl methyl sites for hydroxylation is 1. The monoisotopic (exact) mass is 326 g/mol. The van der Waals surface area contributed by atoms with Gasteiger partial charge in [0.2, 0.25) is 0 Å². The van der Waals surface area contributed by atoms with E-state index >= 15 is 0 Å². The van der Waals surface area contributed by atoms with Gasteiger partial charge in [-0.1, -0.05) is 12.1 Å². The molecule has 0 aliphatic heterocycles. The van der Waals surface area contributed by atoms with E-state index in [1.165, 1.54) is 14.2 Å². The summed E-state index contributed by atoms with van der Waals surface area (Å²) in [7, 11) is 3.00. The number of imidazole rings is 1. The van der Waals surface area contributed by atoms with Crippen molar-refractivity contribution in [1.82, 2.24) is 9.38 Å². The normalized spacial score (nSPS) is 10.6. The van der Waals surface area contributed by atoms with Gasteiger partial charge in [-0.25, -0.2) is 9.78 Å². The van der Waals surface area contributed by atoms with Crippen LogP contribution in [-0.4, -0.2) is 29.6 Å². The molecule has 6 nitrogen and oxygen atoms in total. The first-order chi connectivity index (χ1) is 11.7. The zero-order valence-electron chi connectivity index (χ0n) is 13.8. The van der Waals surface area contributed by atoms with Crippen LogP contribution in [0.15, 0.2) is 42.6 Å². The molecule has 0 aliphatic carbocycles. The molecule has 0 N–H and O–H groups in total. The summed E-state index contributed by atoms with van der Waals surface area (Å²) >= 11 is 0. The fourth-order valence-electron chi connectivity index (χ4n) is 2.60. The van der Waals surface area contributed by atoms with Crippen molar-refractivity contribution in [3.8, 4) is 11.5 Å².